The van der Waals surface area contributed by atoms with Gasteiger partial charge in [-0.15, -0.1) is 0 Å². The Morgan fingerprint density at radius 2 is 2.38 bits per heavy atom. The normalized spacial score (nSPS) is 13.6. The van der Waals surface area contributed by atoms with Gasteiger partial charge in [-0.2, -0.15) is 9.65 Å². The SMILES string of the molecule is CCC(C)(C#N)NC(=O)c1cccc(F)n1. The van der Waals surface area contributed by atoms with Crippen LogP contribution in [0.25, 0.3) is 0 Å². The van der Waals surface area contributed by atoms with Gasteiger partial charge in [0.05, 0.1) is 6.07 Å². The van der Waals surface area contributed by atoms with E-state index in [1.165, 1.54) is 12.1 Å². The Labute approximate surface area is 93.1 Å². The summed E-state index contributed by atoms with van der Waals surface area (Å²) in [6.45, 7) is 3.38. The number of halogens is 1. The third-order valence-corrected chi connectivity index (χ3v) is 2.29. The molecule has 0 saturated heterocycles. The fourth-order valence-corrected chi connectivity index (χ4v) is 1.04. The summed E-state index contributed by atoms with van der Waals surface area (Å²) in [4.78, 5) is 15.1. The first kappa shape index (κ1) is 12.1. The highest BCUT2D eigenvalue weighted by molar-refractivity contribution is 5.92. The van der Waals surface area contributed by atoms with Gasteiger partial charge in [0.15, 0.2) is 0 Å². The molecule has 84 valence electrons. The van der Waals surface area contributed by atoms with E-state index in [-0.39, 0.29) is 5.69 Å². The summed E-state index contributed by atoms with van der Waals surface area (Å²) in [5, 5.41) is 11.4. The van der Waals surface area contributed by atoms with Crippen LogP contribution in [0.3, 0.4) is 0 Å². The fraction of sp³-hybridized carbons (Fsp3) is 0.364. The van der Waals surface area contributed by atoms with Crippen LogP contribution in [-0.4, -0.2) is 16.4 Å². The molecule has 0 spiro atoms. The van der Waals surface area contributed by atoms with E-state index >= 15 is 0 Å². The topological polar surface area (TPSA) is 65.8 Å². The molecule has 1 heterocycles. The van der Waals surface area contributed by atoms with Crippen LogP contribution in [-0.2, 0) is 0 Å². The molecule has 0 bridgehead atoms. The minimum Gasteiger partial charge on any atom is -0.333 e. The van der Waals surface area contributed by atoms with Gasteiger partial charge in [-0.05, 0) is 25.5 Å². The molecule has 0 fully saturated rings. The Bertz CT molecular complexity index is 441. The quantitative estimate of drug-likeness (QED) is 0.789. The molecule has 1 atom stereocenters. The molecule has 0 saturated carbocycles. The number of carbonyl (C=O) groups excluding carboxylic acids is 1. The molecule has 0 aliphatic heterocycles. The minimum absolute atomic E-state index is 0.0325. The number of nitriles is 1. The lowest BCUT2D eigenvalue weighted by atomic mass is 10.0. The van der Waals surface area contributed by atoms with E-state index in [0.29, 0.717) is 6.42 Å². The third kappa shape index (κ3) is 2.76. The Morgan fingerprint density at radius 3 is 2.88 bits per heavy atom. The smallest absolute Gasteiger partial charge is 0.271 e. The second kappa shape index (κ2) is 4.71. The van der Waals surface area contributed by atoms with Crippen LogP contribution in [0, 0.1) is 17.3 Å². The molecule has 16 heavy (non-hydrogen) atoms. The Hall–Kier alpha value is -1.96. The van der Waals surface area contributed by atoms with Crippen LogP contribution in [0.5, 0.6) is 0 Å². The summed E-state index contributed by atoms with van der Waals surface area (Å²) in [5.74, 6) is -1.27. The highest BCUT2D eigenvalue weighted by Gasteiger charge is 2.24. The van der Waals surface area contributed by atoms with Gasteiger partial charge < -0.3 is 5.32 Å². The number of amides is 1. The number of carbonyl (C=O) groups is 1. The van der Waals surface area contributed by atoms with Crippen molar-refractivity contribution in [3.8, 4) is 6.07 Å². The van der Waals surface area contributed by atoms with Crippen molar-refractivity contribution in [3.05, 3.63) is 29.8 Å². The molecule has 1 rings (SSSR count). The van der Waals surface area contributed by atoms with Crippen molar-refractivity contribution in [2.24, 2.45) is 0 Å². The predicted octanol–water partition coefficient (Wildman–Crippen LogP) is 1.64. The summed E-state index contributed by atoms with van der Waals surface area (Å²) >= 11 is 0. The number of rotatable bonds is 3. The molecular weight excluding hydrogens is 209 g/mol. The van der Waals surface area contributed by atoms with Gasteiger partial charge in [0.25, 0.3) is 5.91 Å². The first-order valence-electron chi connectivity index (χ1n) is 4.87. The number of nitrogens with zero attached hydrogens (tertiary/aromatic N) is 2. The van der Waals surface area contributed by atoms with Crippen LogP contribution >= 0.6 is 0 Å². The third-order valence-electron chi connectivity index (χ3n) is 2.29. The summed E-state index contributed by atoms with van der Waals surface area (Å²) < 4.78 is 12.8. The highest BCUT2D eigenvalue weighted by atomic mass is 19.1. The zero-order valence-electron chi connectivity index (χ0n) is 9.12. The lowest BCUT2D eigenvalue weighted by Gasteiger charge is -2.20. The van der Waals surface area contributed by atoms with E-state index in [1.807, 2.05) is 6.07 Å². The van der Waals surface area contributed by atoms with E-state index in [0.717, 1.165) is 6.07 Å². The zero-order chi connectivity index (χ0) is 12.2. The van der Waals surface area contributed by atoms with Crippen molar-refractivity contribution in [3.63, 3.8) is 0 Å². The number of pyridine rings is 1. The first-order chi connectivity index (χ1) is 7.50. The van der Waals surface area contributed by atoms with Crippen molar-refractivity contribution >= 4 is 5.91 Å². The van der Waals surface area contributed by atoms with Gasteiger partial charge in [-0.25, -0.2) is 4.98 Å². The van der Waals surface area contributed by atoms with Crippen LogP contribution in [0.15, 0.2) is 18.2 Å². The molecule has 1 amide bonds. The average molecular weight is 221 g/mol. The molecule has 1 aromatic heterocycles. The number of nitrogens with one attached hydrogen (secondary N) is 1. The Morgan fingerprint density at radius 1 is 1.69 bits per heavy atom. The van der Waals surface area contributed by atoms with E-state index in [1.54, 1.807) is 13.8 Å². The monoisotopic (exact) mass is 221 g/mol. The molecule has 0 aliphatic carbocycles. The average Bonchev–Trinajstić information content (AvgIpc) is 2.29. The molecule has 0 radical (unpaired) electrons. The van der Waals surface area contributed by atoms with Crippen LogP contribution in [0.4, 0.5) is 4.39 Å². The van der Waals surface area contributed by atoms with Crippen LogP contribution < -0.4 is 5.32 Å². The van der Waals surface area contributed by atoms with E-state index in [4.69, 9.17) is 5.26 Å². The molecule has 1 aromatic rings. The fourth-order valence-electron chi connectivity index (χ4n) is 1.04. The van der Waals surface area contributed by atoms with Crippen molar-refractivity contribution < 1.29 is 9.18 Å². The van der Waals surface area contributed by atoms with Crippen molar-refractivity contribution in [2.75, 3.05) is 0 Å². The summed E-state index contributed by atoms with van der Waals surface area (Å²) in [6, 6.07) is 5.93. The minimum atomic E-state index is -0.953. The van der Waals surface area contributed by atoms with Crippen LogP contribution in [0.2, 0.25) is 0 Å². The van der Waals surface area contributed by atoms with Crippen molar-refractivity contribution in [1.29, 1.82) is 5.26 Å². The second-order valence-electron chi connectivity index (χ2n) is 3.60. The van der Waals surface area contributed by atoms with Crippen LogP contribution in [0.1, 0.15) is 30.8 Å². The maximum atomic E-state index is 12.8. The van der Waals surface area contributed by atoms with Gasteiger partial charge in [-0.1, -0.05) is 13.0 Å². The van der Waals surface area contributed by atoms with Gasteiger partial charge in [0.1, 0.15) is 11.2 Å². The second-order valence-corrected chi connectivity index (χ2v) is 3.60. The lowest BCUT2D eigenvalue weighted by molar-refractivity contribution is 0.0916. The molecule has 1 N–H and O–H groups in total. The molecule has 4 nitrogen and oxygen atoms in total. The maximum Gasteiger partial charge on any atom is 0.271 e. The predicted molar refractivity (Wildman–Crippen MR) is 56.0 cm³/mol. The van der Waals surface area contributed by atoms with E-state index in [9.17, 15) is 9.18 Å². The molecule has 0 aromatic carbocycles. The summed E-state index contributed by atoms with van der Waals surface area (Å²) in [6.07, 6.45) is 0.463. The number of aromatic nitrogens is 1. The molecular formula is C11H12FN3O. The highest BCUT2D eigenvalue weighted by Crippen LogP contribution is 2.08. The molecule has 1 unspecified atom stereocenters. The number of hydrogen-bond donors (Lipinski definition) is 1. The lowest BCUT2D eigenvalue weighted by Crippen LogP contribution is -2.44. The van der Waals surface area contributed by atoms with Gasteiger partial charge in [0, 0.05) is 0 Å². The number of hydrogen-bond acceptors (Lipinski definition) is 3. The Balaban J connectivity index is 2.85. The largest absolute Gasteiger partial charge is 0.333 e. The molecule has 5 heteroatoms. The first-order valence-corrected chi connectivity index (χ1v) is 4.87. The standard InChI is InChI=1S/C11H12FN3O/c1-3-11(2,7-13)15-10(16)8-5-4-6-9(12)14-8/h4-6H,3H2,1-2H3,(H,15,16). The maximum absolute atomic E-state index is 12.8. The zero-order valence-corrected chi connectivity index (χ0v) is 9.12. The van der Waals surface area contributed by atoms with Gasteiger partial charge >= 0.3 is 0 Å². The van der Waals surface area contributed by atoms with Gasteiger partial charge in [0.2, 0.25) is 5.95 Å². The Kier molecular flexibility index (Phi) is 3.56. The van der Waals surface area contributed by atoms with E-state index < -0.39 is 17.4 Å². The van der Waals surface area contributed by atoms with Crippen molar-refractivity contribution in [1.82, 2.24) is 10.3 Å². The van der Waals surface area contributed by atoms with E-state index in [2.05, 4.69) is 10.3 Å². The summed E-state index contributed by atoms with van der Waals surface area (Å²) in [7, 11) is 0. The summed E-state index contributed by atoms with van der Waals surface area (Å²) in [5.41, 5.74) is -0.986. The van der Waals surface area contributed by atoms with Gasteiger partial charge in [-0.3, -0.25) is 4.79 Å². The van der Waals surface area contributed by atoms with Crippen molar-refractivity contribution in [2.45, 2.75) is 25.8 Å². The molecule has 0 aliphatic rings.